The fraction of sp³-hybridized carbons (Fsp3) is 0.231. The molecule has 1 fully saturated rings. The third kappa shape index (κ3) is 3.28. The second kappa shape index (κ2) is 7.71. The molecule has 6 heteroatoms. The van der Waals surface area contributed by atoms with Gasteiger partial charge in [0.2, 0.25) is 5.91 Å². The van der Waals surface area contributed by atoms with Gasteiger partial charge in [0.1, 0.15) is 17.1 Å². The number of methoxy groups -OCH3 is 2. The lowest BCUT2D eigenvalue weighted by Crippen LogP contribution is -2.28. The van der Waals surface area contributed by atoms with Crippen LogP contribution in [0.4, 0.5) is 5.69 Å². The molecule has 6 nitrogen and oxygen atoms in total. The minimum absolute atomic E-state index is 0.0525. The number of ether oxygens (including phenoxy) is 2. The SMILES string of the molecule is COc1ccc(-c2cn3cccc(C)c3n2)cc1NC(=O)C1(c2ccccc2OC)CC1. The van der Waals surface area contributed by atoms with Gasteiger partial charge in [-0.15, -0.1) is 0 Å². The molecule has 162 valence electrons. The van der Waals surface area contributed by atoms with Gasteiger partial charge in [-0.05, 0) is 55.7 Å². The number of aryl methyl sites for hydroxylation is 1. The molecule has 2 aromatic heterocycles. The van der Waals surface area contributed by atoms with Gasteiger partial charge in [-0.3, -0.25) is 4.79 Å². The van der Waals surface area contributed by atoms with Gasteiger partial charge in [0.05, 0.1) is 31.0 Å². The van der Waals surface area contributed by atoms with Crippen LogP contribution in [0.3, 0.4) is 0 Å². The third-order valence-corrected chi connectivity index (χ3v) is 6.23. The average molecular weight is 428 g/mol. The van der Waals surface area contributed by atoms with Crippen molar-refractivity contribution in [1.82, 2.24) is 9.38 Å². The maximum absolute atomic E-state index is 13.4. The van der Waals surface area contributed by atoms with Crippen LogP contribution in [-0.2, 0) is 10.2 Å². The molecule has 1 aliphatic rings. The first kappa shape index (κ1) is 20.1. The molecule has 1 saturated carbocycles. The van der Waals surface area contributed by atoms with Gasteiger partial charge in [0.25, 0.3) is 0 Å². The van der Waals surface area contributed by atoms with Crippen LogP contribution >= 0.6 is 0 Å². The lowest BCUT2D eigenvalue weighted by Gasteiger charge is -2.19. The van der Waals surface area contributed by atoms with Crippen molar-refractivity contribution in [3.05, 3.63) is 78.1 Å². The highest BCUT2D eigenvalue weighted by Gasteiger charge is 2.53. The molecular weight excluding hydrogens is 402 g/mol. The molecule has 2 aromatic carbocycles. The first-order valence-corrected chi connectivity index (χ1v) is 10.6. The van der Waals surface area contributed by atoms with E-state index in [9.17, 15) is 4.79 Å². The molecule has 0 bridgehead atoms. The minimum Gasteiger partial charge on any atom is -0.496 e. The van der Waals surface area contributed by atoms with E-state index < -0.39 is 5.41 Å². The van der Waals surface area contributed by atoms with E-state index in [-0.39, 0.29) is 5.91 Å². The number of hydrogen-bond acceptors (Lipinski definition) is 4. The monoisotopic (exact) mass is 427 g/mol. The highest BCUT2D eigenvalue weighted by molar-refractivity contribution is 6.03. The van der Waals surface area contributed by atoms with E-state index in [4.69, 9.17) is 14.5 Å². The average Bonchev–Trinajstić information content (AvgIpc) is 3.51. The number of rotatable bonds is 6. The van der Waals surface area contributed by atoms with Gasteiger partial charge in [0.15, 0.2) is 0 Å². The molecule has 0 spiro atoms. The summed E-state index contributed by atoms with van der Waals surface area (Å²) in [7, 11) is 3.24. The number of hydrogen-bond donors (Lipinski definition) is 1. The maximum atomic E-state index is 13.4. The molecule has 0 atom stereocenters. The van der Waals surface area contributed by atoms with Gasteiger partial charge in [-0.1, -0.05) is 24.3 Å². The van der Waals surface area contributed by atoms with Gasteiger partial charge in [-0.25, -0.2) is 4.98 Å². The predicted octanol–water partition coefficient (Wildman–Crippen LogP) is 5.00. The van der Waals surface area contributed by atoms with E-state index in [2.05, 4.69) is 5.32 Å². The van der Waals surface area contributed by atoms with E-state index >= 15 is 0 Å². The predicted molar refractivity (Wildman–Crippen MR) is 124 cm³/mol. The van der Waals surface area contributed by atoms with Crippen LogP contribution in [0.15, 0.2) is 67.0 Å². The van der Waals surface area contributed by atoms with Crippen molar-refractivity contribution >= 4 is 17.2 Å². The Morgan fingerprint density at radius 3 is 2.53 bits per heavy atom. The molecule has 1 aliphatic carbocycles. The molecular formula is C26H25N3O3. The summed E-state index contributed by atoms with van der Waals surface area (Å²) in [6.45, 7) is 2.04. The highest BCUT2D eigenvalue weighted by Crippen LogP contribution is 2.52. The molecule has 5 rings (SSSR count). The Balaban J connectivity index is 1.49. The fourth-order valence-electron chi connectivity index (χ4n) is 4.28. The number of para-hydroxylation sites is 1. The molecule has 0 unspecified atom stereocenters. The second-order valence-electron chi connectivity index (χ2n) is 8.20. The van der Waals surface area contributed by atoms with Crippen LogP contribution in [0.2, 0.25) is 0 Å². The highest BCUT2D eigenvalue weighted by atomic mass is 16.5. The first-order valence-electron chi connectivity index (χ1n) is 10.6. The van der Waals surface area contributed by atoms with Crippen LogP contribution < -0.4 is 14.8 Å². The summed E-state index contributed by atoms with van der Waals surface area (Å²) < 4.78 is 13.1. The summed E-state index contributed by atoms with van der Waals surface area (Å²) >= 11 is 0. The van der Waals surface area contributed by atoms with Crippen LogP contribution in [0.1, 0.15) is 24.0 Å². The molecule has 0 aliphatic heterocycles. The Labute approximate surface area is 186 Å². The van der Waals surface area contributed by atoms with Crippen molar-refractivity contribution < 1.29 is 14.3 Å². The van der Waals surface area contributed by atoms with Crippen molar-refractivity contribution in [3.8, 4) is 22.8 Å². The zero-order chi connectivity index (χ0) is 22.3. The minimum atomic E-state index is -0.576. The molecule has 0 radical (unpaired) electrons. The molecule has 2 heterocycles. The lowest BCUT2D eigenvalue weighted by molar-refractivity contribution is -0.118. The largest absolute Gasteiger partial charge is 0.496 e. The number of imidazole rings is 1. The molecule has 0 saturated heterocycles. The van der Waals surface area contributed by atoms with Crippen molar-refractivity contribution in [3.63, 3.8) is 0 Å². The van der Waals surface area contributed by atoms with Gasteiger partial charge < -0.3 is 19.2 Å². The van der Waals surface area contributed by atoms with E-state index in [1.165, 1.54) is 0 Å². The topological polar surface area (TPSA) is 64.9 Å². The second-order valence-corrected chi connectivity index (χ2v) is 8.20. The summed E-state index contributed by atoms with van der Waals surface area (Å²) in [5.41, 5.74) is 4.74. The van der Waals surface area contributed by atoms with E-state index in [1.54, 1.807) is 14.2 Å². The number of benzene rings is 2. The summed E-state index contributed by atoms with van der Waals surface area (Å²) in [6, 6.07) is 17.5. The summed E-state index contributed by atoms with van der Waals surface area (Å²) in [6.07, 6.45) is 5.54. The number of aromatic nitrogens is 2. The summed E-state index contributed by atoms with van der Waals surface area (Å²) in [4.78, 5) is 18.2. The zero-order valence-electron chi connectivity index (χ0n) is 18.4. The fourth-order valence-corrected chi connectivity index (χ4v) is 4.28. The van der Waals surface area contributed by atoms with Crippen LogP contribution in [-0.4, -0.2) is 29.5 Å². The number of nitrogens with one attached hydrogen (secondary N) is 1. The number of carbonyl (C=O) groups is 1. The quantitative estimate of drug-likeness (QED) is 0.470. The number of amides is 1. The first-order chi connectivity index (χ1) is 15.6. The number of pyridine rings is 1. The molecule has 32 heavy (non-hydrogen) atoms. The van der Waals surface area contributed by atoms with E-state index in [0.717, 1.165) is 46.6 Å². The number of nitrogens with zero attached hydrogens (tertiary/aromatic N) is 2. The smallest absolute Gasteiger partial charge is 0.235 e. The lowest BCUT2D eigenvalue weighted by atomic mass is 9.93. The Morgan fingerprint density at radius 2 is 1.81 bits per heavy atom. The third-order valence-electron chi connectivity index (χ3n) is 6.23. The van der Waals surface area contributed by atoms with E-state index in [1.807, 2.05) is 78.3 Å². The van der Waals surface area contributed by atoms with Crippen LogP contribution in [0, 0.1) is 6.92 Å². The van der Waals surface area contributed by atoms with Gasteiger partial charge >= 0.3 is 0 Å². The van der Waals surface area contributed by atoms with Gasteiger partial charge in [0, 0.05) is 23.5 Å². The number of carbonyl (C=O) groups excluding carboxylic acids is 1. The Morgan fingerprint density at radius 1 is 1.03 bits per heavy atom. The van der Waals surface area contributed by atoms with Crippen molar-refractivity contribution in [2.75, 3.05) is 19.5 Å². The molecule has 4 aromatic rings. The molecule has 1 amide bonds. The Hall–Kier alpha value is -3.80. The van der Waals surface area contributed by atoms with Crippen LogP contribution in [0.25, 0.3) is 16.9 Å². The summed E-state index contributed by atoms with van der Waals surface area (Å²) in [5, 5.41) is 3.12. The van der Waals surface area contributed by atoms with Gasteiger partial charge in [-0.2, -0.15) is 0 Å². The maximum Gasteiger partial charge on any atom is 0.235 e. The van der Waals surface area contributed by atoms with Crippen LogP contribution in [0.5, 0.6) is 11.5 Å². The Bertz CT molecular complexity index is 1320. The van der Waals surface area contributed by atoms with E-state index in [0.29, 0.717) is 11.4 Å². The summed E-state index contributed by atoms with van der Waals surface area (Å²) in [5.74, 6) is 1.29. The Kier molecular flexibility index (Phi) is 4.85. The van der Waals surface area contributed by atoms with Crippen molar-refractivity contribution in [2.24, 2.45) is 0 Å². The van der Waals surface area contributed by atoms with Crippen molar-refractivity contribution in [2.45, 2.75) is 25.2 Å². The number of anilines is 1. The standard InChI is InChI=1S/C26H25N3O3/c1-17-7-6-14-29-16-21(27-24(17)29)18-10-11-23(32-3)20(15-18)28-25(30)26(12-13-26)19-8-4-5-9-22(19)31-2/h4-11,14-16H,12-13H2,1-3H3,(H,28,30). The zero-order valence-corrected chi connectivity index (χ0v) is 18.4. The normalized spacial score (nSPS) is 14.2. The molecule has 1 N–H and O–H groups in total. The number of fused-ring (bicyclic) bond motifs is 1. The van der Waals surface area contributed by atoms with Crippen molar-refractivity contribution in [1.29, 1.82) is 0 Å².